The van der Waals surface area contributed by atoms with Crippen LogP contribution in [0.2, 0.25) is 0 Å². The van der Waals surface area contributed by atoms with Crippen LogP contribution in [0.4, 0.5) is 5.69 Å². The van der Waals surface area contributed by atoms with Gasteiger partial charge in [0.25, 0.3) is 5.91 Å². The number of anilines is 1. The summed E-state index contributed by atoms with van der Waals surface area (Å²) in [7, 11) is -0.744. The van der Waals surface area contributed by atoms with Gasteiger partial charge in [-0.1, -0.05) is 0 Å². The zero-order valence-electron chi connectivity index (χ0n) is 17.3. The molecule has 0 bridgehead atoms. The predicted molar refractivity (Wildman–Crippen MR) is 111 cm³/mol. The van der Waals surface area contributed by atoms with E-state index in [1.54, 1.807) is 17.0 Å². The van der Waals surface area contributed by atoms with Crippen molar-refractivity contribution in [1.29, 1.82) is 0 Å². The molecule has 0 radical (unpaired) electrons. The maximum absolute atomic E-state index is 13.7. The van der Waals surface area contributed by atoms with Crippen molar-refractivity contribution >= 4 is 27.5 Å². The lowest BCUT2D eigenvalue weighted by Gasteiger charge is -2.37. The van der Waals surface area contributed by atoms with Crippen molar-refractivity contribution in [3.8, 4) is 0 Å². The molecule has 3 heterocycles. The number of hydrogen-bond donors (Lipinski definition) is 1. The third kappa shape index (κ3) is 3.67. The summed E-state index contributed by atoms with van der Waals surface area (Å²) in [5.41, 5.74) is 1.07. The van der Waals surface area contributed by atoms with Gasteiger partial charge in [-0.05, 0) is 31.0 Å². The third-order valence-electron chi connectivity index (χ3n) is 6.19. The molecule has 1 N–H and O–H groups in total. The fraction of sp³-hybridized carbons (Fsp3) is 0.600. The van der Waals surface area contributed by atoms with Gasteiger partial charge in [0.15, 0.2) is 0 Å². The van der Waals surface area contributed by atoms with Crippen molar-refractivity contribution in [1.82, 2.24) is 14.5 Å². The Bertz CT molecular complexity index is 943. The van der Waals surface area contributed by atoms with Crippen LogP contribution in [0, 0.1) is 5.92 Å². The summed E-state index contributed by atoms with van der Waals surface area (Å²) in [6.07, 6.45) is 1.52. The number of ether oxygens (including phenoxy) is 1. The van der Waals surface area contributed by atoms with Crippen LogP contribution in [-0.4, -0.2) is 89.0 Å². The maximum Gasteiger partial charge on any atom is 0.256 e. The molecule has 4 rings (SSSR count). The summed E-state index contributed by atoms with van der Waals surface area (Å²) in [6, 6.07) is 4.56. The van der Waals surface area contributed by atoms with Crippen LogP contribution in [0.15, 0.2) is 23.1 Å². The van der Waals surface area contributed by atoms with Gasteiger partial charge in [-0.3, -0.25) is 9.59 Å². The normalized spacial score (nSPS) is 24.7. The number of nitrogens with zero attached hydrogens (tertiary/aromatic N) is 3. The van der Waals surface area contributed by atoms with Crippen LogP contribution in [0.25, 0.3) is 0 Å². The van der Waals surface area contributed by atoms with E-state index >= 15 is 0 Å². The molecular weight excluding hydrogens is 408 g/mol. The molecule has 30 heavy (non-hydrogen) atoms. The van der Waals surface area contributed by atoms with Crippen molar-refractivity contribution in [2.24, 2.45) is 5.92 Å². The lowest BCUT2D eigenvalue weighted by atomic mass is 9.91. The minimum Gasteiger partial charge on any atom is -0.378 e. The van der Waals surface area contributed by atoms with Crippen molar-refractivity contribution in [3.05, 3.63) is 23.8 Å². The number of likely N-dealkylation sites (tertiary alicyclic amines) is 1. The zero-order chi connectivity index (χ0) is 21.5. The standard InChI is InChI=1S/C20H28N4O5S/c1-22(2)30(27,28)14-5-6-17(23-8-10-29-11-9-23)16(12-14)20(26)24-7-3-4-15-18(24)13-21-19(15)25/h5-6,12,15,18H,3-4,7-11,13H2,1-2H3,(H,21,25)/t15-,18+/m1/s1. The van der Waals surface area contributed by atoms with Crippen LogP contribution in [0.3, 0.4) is 0 Å². The summed E-state index contributed by atoms with van der Waals surface area (Å²) in [6.45, 7) is 3.37. The molecule has 1 aromatic carbocycles. The van der Waals surface area contributed by atoms with Crippen LogP contribution >= 0.6 is 0 Å². The molecule has 3 fully saturated rings. The molecule has 0 saturated carbocycles. The Morgan fingerprint density at radius 1 is 1.20 bits per heavy atom. The van der Waals surface area contributed by atoms with Crippen molar-refractivity contribution in [3.63, 3.8) is 0 Å². The molecule has 3 aliphatic rings. The maximum atomic E-state index is 13.7. The highest BCUT2D eigenvalue weighted by molar-refractivity contribution is 7.89. The highest BCUT2D eigenvalue weighted by Gasteiger charge is 2.43. The fourth-order valence-electron chi connectivity index (χ4n) is 4.50. The lowest BCUT2D eigenvalue weighted by Crippen LogP contribution is -2.49. The number of piperidine rings is 1. The average Bonchev–Trinajstić information content (AvgIpc) is 3.14. The quantitative estimate of drug-likeness (QED) is 0.720. The number of nitrogens with one attached hydrogen (secondary N) is 1. The second-order valence-corrected chi connectivity index (χ2v) is 10.3. The molecule has 3 aliphatic heterocycles. The SMILES string of the molecule is CN(C)S(=O)(=O)c1ccc(N2CCOCC2)c(C(=O)N2CCC[C@H]3C(=O)NC[C@@H]32)c1. The van der Waals surface area contributed by atoms with Crippen LogP contribution in [-0.2, 0) is 19.6 Å². The molecule has 1 aromatic rings. The number of carbonyl (C=O) groups excluding carboxylic acids is 2. The first-order valence-electron chi connectivity index (χ1n) is 10.3. The Labute approximate surface area is 177 Å². The van der Waals surface area contributed by atoms with Crippen molar-refractivity contribution < 1.29 is 22.7 Å². The third-order valence-corrected chi connectivity index (χ3v) is 8.00. The number of amides is 2. The van der Waals surface area contributed by atoms with E-state index in [1.807, 2.05) is 0 Å². The molecule has 0 unspecified atom stereocenters. The van der Waals surface area contributed by atoms with Gasteiger partial charge in [-0.15, -0.1) is 0 Å². The van der Waals surface area contributed by atoms with E-state index in [9.17, 15) is 18.0 Å². The minimum atomic E-state index is -3.68. The van der Waals surface area contributed by atoms with Gasteiger partial charge in [-0.25, -0.2) is 12.7 Å². The first kappa shape index (κ1) is 21.1. The summed E-state index contributed by atoms with van der Waals surface area (Å²) in [5.74, 6) is -0.420. The van der Waals surface area contributed by atoms with Crippen LogP contribution in [0.1, 0.15) is 23.2 Å². The number of hydrogen-bond acceptors (Lipinski definition) is 6. The van der Waals surface area contributed by atoms with Gasteiger partial charge in [0.1, 0.15) is 0 Å². The van der Waals surface area contributed by atoms with E-state index in [0.29, 0.717) is 50.6 Å². The number of rotatable bonds is 4. The first-order chi connectivity index (χ1) is 14.3. The van der Waals surface area contributed by atoms with E-state index in [1.165, 1.54) is 20.2 Å². The molecule has 9 nitrogen and oxygen atoms in total. The fourth-order valence-corrected chi connectivity index (χ4v) is 5.42. The molecule has 10 heteroatoms. The first-order valence-corrected chi connectivity index (χ1v) is 11.7. The molecule has 2 atom stereocenters. The molecule has 0 spiro atoms. The Kier molecular flexibility index (Phi) is 5.73. The van der Waals surface area contributed by atoms with E-state index in [2.05, 4.69) is 10.2 Å². The van der Waals surface area contributed by atoms with E-state index in [0.717, 1.165) is 17.1 Å². The Hall–Kier alpha value is -2.17. The average molecular weight is 437 g/mol. The summed E-state index contributed by atoms with van der Waals surface area (Å²) < 4.78 is 32.0. The zero-order valence-corrected chi connectivity index (χ0v) is 18.2. The molecule has 2 amide bonds. The smallest absolute Gasteiger partial charge is 0.256 e. The van der Waals surface area contributed by atoms with Crippen LogP contribution in [0.5, 0.6) is 0 Å². The Morgan fingerprint density at radius 3 is 2.63 bits per heavy atom. The Balaban J connectivity index is 1.75. The highest BCUT2D eigenvalue weighted by atomic mass is 32.2. The summed E-state index contributed by atoms with van der Waals surface area (Å²) in [4.78, 5) is 29.7. The van der Waals surface area contributed by atoms with Crippen molar-refractivity contribution in [2.75, 3.05) is 58.4 Å². The topological polar surface area (TPSA) is 99.3 Å². The molecule has 0 aromatic heterocycles. The number of fused-ring (bicyclic) bond motifs is 1. The highest BCUT2D eigenvalue weighted by Crippen LogP contribution is 2.32. The number of sulfonamides is 1. The molecular formula is C20H28N4O5S. The van der Waals surface area contributed by atoms with E-state index < -0.39 is 10.0 Å². The van der Waals surface area contributed by atoms with Gasteiger partial charge < -0.3 is 19.9 Å². The number of benzene rings is 1. The molecule has 3 saturated heterocycles. The Morgan fingerprint density at radius 2 is 1.93 bits per heavy atom. The van der Waals surface area contributed by atoms with Gasteiger partial charge in [0.2, 0.25) is 15.9 Å². The van der Waals surface area contributed by atoms with E-state index in [4.69, 9.17) is 4.74 Å². The predicted octanol–water partition coefficient (Wildman–Crippen LogP) is 0.124. The van der Waals surface area contributed by atoms with Gasteiger partial charge >= 0.3 is 0 Å². The van der Waals surface area contributed by atoms with Gasteiger partial charge in [0, 0.05) is 46.0 Å². The summed E-state index contributed by atoms with van der Waals surface area (Å²) in [5, 5.41) is 2.86. The van der Waals surface area contributed by atoms with Crippen LogP contribution < -0.4 is 10.2 Å². The summed E-state index contributed by atoms with van der Waals surface area (Å²) >= 11 is 0. The number of morpholine rings is 1. The van der Waals surface area contributed by atoms with E-state index in [-0.39, 0.29) is 28.7 Å². The largest absolute Gasteiger partial charge is 0.378 e. The number of carbonyl (C=O) groups is 2. The lowest BCUT2D eigenvalue weighted by molar-refractivity contribution is -0.123. The van der Waals surface area contributed by atoms with Crippen molar-refractivity contribution in [2.45, 2.75) is 23.8 Å². The minimum absolute atomic E-state index is 0.00478. The second-order valence-electron chi connectivity index (χ2n) is 8.13. The second kappa shape index (κ2) is 8.16. The molecule has 0 aliphatic carbocycles. The molecule has 164 valence electrons. The van der Waals surface area contributed by atoms with Gasteiger partial charge in [-0.2, -0.15) is 0 Å². The van der Waals surface area contributed by atoms with Gasteiger partial charge in [0.05, 0.1) is 35.6 Å². The monoisotopic (exact) mass is 436 g/mol.